The lowest BCUT2D eigenvalue weighted by Gasteiger charge is -2.41. The molecule has 1 aromatic carbocycles. The molecule has 2 N–H and O–H groups in total. The van der Waals surface area contributed by atoms with Crippen molar-refractivity contribution in [2.45, 2.75) is 31.5 Å². The van der Waals surface area contributed by atoms with Crippen LogP contribution in [0, 0.1) is 22.7 Å². The van der Waals surface area contributed by atoms with Gasteiger partial charge in [0, 0.05) is 13.1 Å². The molecular weight excluding hydrogens is 512 g/mol. The number of amides is 1. The summed E-state index contributed by atoms with van der Waals surface area (Å²) in [5, 5.41) is 30.2. The number of carbonyl (C=O) groups excluding carboxylic acids is 1. The maximum atomic E-state index is 12.5. The number of benzene rings is 1. The van der Waals surface area contributed by atoms with Gasteiger partial charge in [0.2, 0.25) is 5.95 Å². The van der Waals surface area contributed by atoms with E-state index in [2.05, 4.69) is 37.8 Å². The topological polar surface area (TPSA) is 157 Å². The monoisotopic (exact) mass is 534 g/mol. The minimum absolute atomic E-state index is 0.0164. The predicted octanol–water partition coefficient (Wildman–Crippen LogP) is 2.49. The molecule has 3 fully saturated rings. The average molecular weight is 535 g/mol. The molecule has 3 aromatic rings. The smallest absolute Gasteiger partial charge is 0.410 e. The summed E-state index contributed by atoms with van der Waals surface area (Å²) in [6.45, 7) is 4.65. The zero-order valence-electron chi connectivity index (χ0n) is 20.4. The number of carbonyl (C=O) groups is 1. The first-order valence-electron chi connectivity index (χ1n) is 12.2. The summed E-state index contributed by atoms with van der Waals surface area (Å²) in [6.07, 6.45) is 1.50. The van der Waals surface area contributed by atoms with Crippen LogP contribution in [0.2, 0.25) is 5.02 Å². The standard InChI is InChI=1S/C24H23ClN10O3/c1-2-28-21-22-29-9-14(8-27)35(22)32-23(31-21)30-16-5-13(7-26)6-18(20(16)25)33-4-3-17-19(10-33)38-24(36)34(17)15-11-37-12-15/h5-6,9,15,17,19H,2-4,10-12H2,1H3,(H2,28,30,31,32)/t17-,19?/m0/s1. The summed E-state index contributed by atoms with van der Waals surface area (Å²) in [5.41, 5.74) is 2.13. The number of aromatic nitrogens is 4. The molecule has 0 spiro atoms. The molecule has 1 unspecified atom stereocenters. The third-order valence-electron chi connectivity index (χ3n) is 6.95. The predicted molar refractivity (Wildman–Crippen MR) is 136 cm³/mol. The lowest BCUT2D eigenvalue weighted by Crippen LogP contribution is -2.57. The molecule has 0 bridgehead atoms. The Morgan fingerprint density at radius 3 is 2.82 bits per heavy atom. The van der Waals surface area contributed by atoms with Crippen LogP contribution in [0.1, 0.15) is 24.6 Å². The normalized spacial score (nSPS) is 20.9. The van der Waals surface area contributed by atoms with Crippen molar-refractivity contribution >= 4 is 46.5 Å². The molecule has 0 aliphatic carbocycles. The van der Waals surface area contributed by atoms with Gasteiger partial charge in [-0.25, -0.2) is 9.78 Å². The summed E-state index contributed by atoms with van der Waals surface area (Å²) in [4.78, 5) is 25.1. The van der Waals surface area contributed by atoms with E-state index in [-0.39, 0.29) is 35.9 Å². The molecule has 1 amide bonds. The van der Waals surface area contributed by atoms with Crippen LogP contribution in [0.15, 0.2) is 18.3 Å². The molecule has 0 radical (unpaired) electrons. The van der Waals surface area contributed by atoms with E-state index in [1.807, 2.05) is 16.7 Å². The highest BCUT2D eigenvalue weighted by atomic mass is 35.5. The van der Waals surface area contributed by atoms with Gasteiger partial charge >= 0.3 is 6.09 Å². The Balaban J connectivity index is 1.31. The number of anilines is 4. The van der Waals surface area contributed by atoms with Gasteiger partial charge in [0.1, 0.15) is 12.2 Å². The lowest BCUT2D eigenvalue weighted by molar-refractivity contribution is -0.0567. The van der Waals surface area contributed by atoms with Gasteiger partial charge in [0.05, 0.1) is 66.1 Å². The first-order valence-corrected chi connectivity index (χ1v) is 12.6. The second-order valence-corrected chi connectivity index (χ2v) is 9.60. The number of halogens is 1. The third-order valence-corrected chi connectivity index (χ3v) is 7.35. The SMILES string of the molecule is CCNc1nc(Nc2cc(C#N)cc(N3CC[C@H]4C(C3)OC(=O)N4C3COC3)c2Cl)nn2c(C#N)cnc12. The molecule has 3 saturated heterocycles. The molecule has 5 heterocycles. The number of fused-ring (bicyclic) bond motifs is 2. The fourth-order valence-electron chi connectivity index (χ4n) is 5.10. The van der Waals surface area contributed by atoms with Gasteiger partial charge in [-0.2, -0.15) is 20.0 Å². The van der Waals surface area contributed by atoms with Crippen LogP contribution in [0.4, 0.5) is 27.9 Å². The van der Waals surface area contributed by atoms with Crippen LogP contribution in [0.25, 0.3) is 5.65 Å². The van der Waals surface area contributed by atoms with Crippen molar-refractivity contribution in [2.24, 2.45) is 0 Å². The minimum atomic E-state index is -0.311. The second-order valence-electron chi connectivity index (χ2n) is 9.22. The molecule has 2 aromatic heterocycles. The Bertz CT molecular complexity index is 1510. The van der Waals surface area contributed by atoms with Gasteiger partial charge in [0.15, 0.2) is 17.2 Å². The van der Waals surface area contributed by atoms with E-state index in [1.165, 1.54) is 10.7 Å². The fourth-order valence-corrected chi connectivity index (χ4v) is 5.37. The zero-order chi connectivity index (χ0) is 26.4. The summed E-state index contributed by atoms with van der Waals surface area (Å²) in [6, 6.07) is 7.63. The number of hydrogen-bond acceptors (Lipinski definition) is 11. The van der Waals surface area contributed by atoms with E-state index in [0.29, 0.717) is 72.7 Å². The number of piperidine rings is 1. The Morgan fingerprint density at radius 1 is 1.26 bits per heavy atom. The molecule has 13 nitrogen and oxygen atoms in total. The maximum absolute atomic E-state index is 12.5. The van der Waals surface area contributed by atoms with E-state index >= 15 is 0 Å². The van der Waals surface area contributed by atoms with Gasteiger partial charge in [-0.1, -0.05) is 11.6 Å². The Kier molecular flexibility index (Phi) is 6.02. The average Bonchev–Trinajstić information content (AvgIpc) is 3.44. The molecule has 14 heteroatoms. The van der Waals surface area contributed by atoms with E-state index in [4.69, 9.17) is 21.1 Å². The molecule has 2 atom stereocenters. The largest absolute Gasteiger partial charge is 0.442 e. The maximum Gasteiger partial charge on any atom is 0.410 e. The van der Waals surface area contributed by atoms with Crippen molar-refractivity contribution in [3.8, 4) is 12.1 Å². The zero-order valence-corrected chi connectivity index (χ0v) is 21.1. The van der Waals surface area contributed by atoms with Crippen molar-refractivity contribution in [1.82, 2.24) is 24.5 Å². The van der Waals surface area contributed by atoms with Crippen molar-refractivity contribution in [1.29, 1.82) is 10.5 Å². The lowest BCUT2D eigenvalue weighted by atomic mass is 9.98. The van der Waals surface area contributed by atoms with E-state index in [9.17, 15) is 15.3 Å². The molecule has 194 valence electrons. The summed E-state index contributed by atoms with van der Waals surface area (Å²) >= 11 is 6.87. The van der Waals surface area contributed by atoms with Crippen molar-refractivity contribution in [3.05, 3.63) is 34.6 Å². The van der Waals surface area contributed by atoms with Crippen LogP contribution in [0.3, 0.4) is 0 Å². The first-order chi connectivity index (χ1) is 18.5. The van der Waals surface area contributed by atoms with Crippen molar-refractivity contribution < 1.29 is 14.3 Å². The Hall–Kier alpha value is -4.33. The summed E-state index contributed by atoms with van der Waals surface area (Å²) in [5.74, 6) is 0.624. The van der Waals surface area contributed by atoms with Crippen LogP contribution < -0.4 is 15.5 Å². The Morgan fingerprint density at radius 2 is 2.11 bits per heavy atom. The number of nitrogens with zero attached hydrogens (tertiary/aromatic N) is 8. The molecule has 6 rings (SSSR count). The fraction of sp³-hybridized carbons (Fsp3) is 0.417. The van der Waals surface area contributed by atoms with Gasteiger partial charge in [0.25, 0.3) is 0 Å². The van der Waals surface area contributed by atoms with Gasteiger partial charge < -0.3 is 25.0 Å². The number of ether oxygens (including phenoxy) is 2. The highest BCUT2D eigenvalue weighted by Gasteiger charge is 2.49. The minimum Gasteiger partial charge on any atom is -0.442 e. The quantitative estimate of drug-likeness (QED) is 0.478. The van der Waals surface area contributed by atoms with E-state index in [0.717, 1.165) is 0 Å². The molecule has 3 aliphatic heterocycles. The van der Waals surface area contributed by atoms with Crippen molar-refractivity contribution in [3.63, 3.8) is 0 Å². The van der Waals surface area contributed by atoms with Gasteiger partial charge in [-0.05, 0) is 25.5 Å². The number of nitrogens with one attached hydrogen (secondary N) is 2. The van der Waals surface area contributed by atoms with Crippen LogP contribution in [-0.2, 0) is 9.47 Å². The number of nitriles is 2. The summed E-state index contributed by atoms with van der Waals surface area (Å²) < 4.78 is 12.4. The van der Waals surface area contributed by atoms with Crippen LogP contribution >= 0.6 is 11.6 Å². The van der Waals surface area contributed by atoms with Crippen LogP contribution in [0.5, 0.6) is 0 Å². The molecule has 38 heavy (non-hydrogen) atoms. The number of hydrogen-bond donors (Lipinski definition) is 2. The molecule has 0 saturated carbocycles. The molecule has 3 aliphatic rings. The highest BCUT2D eigenvalue weighted by molar-refractivity contribution is 6.36. The van der Waals surface area contributed by atoms with Gasteiger partial charge in [-0.3, -0.25) is 4.90 Å². The van der Waals surface area contributed by atoms with Crippen molar-refractivity contribution in [2.75, 3.05) is 48.4 Å². The van der Waals surface area contributed by atoms with Crippen LogP contribution in [-0.4, -0.2) is 81.6 Å². The number of imidazole rings is 1. The summed E-state index contributed by atoms with van der Waals surface area (Å²) in [7, 11) is 0. The number of rotatable bonds is 6. The second kappa shape index (κ2) is 9.52. The third kappa shape index (κ3) is 3.97. The first kappa shape index (κ1) is 24.0. The van der Waals surface area contributed by atoms with E-state index in [1.54, 1.807) is 12.1 Å². The van der Waals surface area contributed by atoms with Gasteiger partial charge in [-0.15, -0.1) is 5.10 Å². The highest BCUT2D eigenvalue weighted by Crippen LogP contribution is 2.39. The van der Waals surface area contributed by atoms with E-state index < -0.39 is 0 Å². The Labute approximate surface area is 222 Å². The molecular formula is C24H23ClN10O3.